The molecular formula is C13H15F5O. The zero-order chi connectivity index (χ0) is 14.8. The molecule has 108 valence electrons. The molecule has 1 aromatic carbocycles. The van der Waals surface area contributed by atoms with Crippen molar-refractivity contribution >= 4 is 0 Å². The van der Waals surface area contributed by atoms with Crippen LogP contribution in [0.15, 0.2) is 18.2 Å². The highest BCUT2D eigenvalue weighted by atomic mass is 19.4. The maximum atomic E-state index is 13.3. The summed E-state index contributed by atoms with van der Waals surface area (Å²) in [5, 5.41) is 0. The van der Waals surface area contributed by atoms with E-state index < -0.39 is 18.7 Å². The molecule has 0 fully saturated rings. The van der Waals surface area contributed by atoms with Crippen LogP contribution in [0.5, 0.6) is 5.75 Å². The van der Waals surface area contributed by atoms with Gasteiger partial charge < -0.3 is 4.74 Å². The van der Waals surface area contributed by atoms with Crippen molar-refractivity contribution in [3.05, 3.63) is 29.3 Å². The highest BCUT2D eigenvalue weighted by molar-refractivity contribution is 5.37. The van der Waals surface area contributed by atoms with Gasteiger partial charge in [-0.25, -0.2) is 8.78 Å². The Morgan fingerprint density at radius 2 is 1.63 bits per heavy atom. The maximum absolute atomic E-state index is 13.3. The molecule has 1 nitrogen and oxygen atoms in total. The molecule has 0 spiro atoms. The van der Waals surface area contributed by atoms with E-state index in [0.29, 0.717) is 12.5 Å². The fourth-order valence-corrected chi connectivity index (χ4v) is 1.46. The Morgan fingerprint density at radius 1 is 1.05 bits per heavy atom. The molecule has 19 heavy (non-hydrogen) atoms. The van der Waals surface area contributed by atoms with Crippen LogP contribution in [-0.2, 0) is 5.92 Å². The number of benzene rings is 1. The Labute approximate surface area is 108 Å². The molecule has 0 N–H and O–H groups in total. The number of halogens is 5. The van der Waals surface area contributed by atoms with E-state index >= 15 is 0 Å². The van der Waals surface area contributed by atoms with Gasteiger partial charge >= 0.3 is 6.18 Å². The molecule has 1 rings (SSSR count). The summed E-state index contributed by atoms with van der Waals surface area (Å²) in [5.41, 5.74) is 0.159. The zero-order valence-corrected chi connectivity index (χ0v) is 10.8. The lowest BCUT2D eigenvalue weighted by Crippen LogP contribution is -2.19. The SMILES string of the molecule is CC(C)c1cc(OCC(F)(F)F)cc(C(C)(F)F)c1. The van der Waals surface area contributed by atoms with E-state index in [1.165, 1.54) is 12.1 Å². The Kier molecular flexibility index (Phi) is 4.43. The Bertz CT molecular complexity index is 432. The van der Waals surface area contributed by atoms with E-state index in [2.05, 4.69) is 4.74 Å². The second-order valence-electron chi connectivity index (χ2n) is 4.74. The van der Waals surface area contributed by atoms with Crippen LogP contribution >= 0.6 is 0 Å². The highest BCUT2D eigenvalue weighted by Gasteiger charge is 2.30. The normalized spacial score (nSPS) is 12.9. The minimum atomic E-state index is -4.50. The summed E-state index contributed by atoms with van der Waals surface area (Å²) in [5.74, 6) is -3.41. The van der Waals surface area contributed by atoms with Gasteiger partial charge in [0.1, 0.15) is 5.75 Å². The molecule has 0 unspecified atom stereocenters. The van der Waals surface area contributed by atoms with Gasteiger partial charge in [-0.3, -0.25) is 0 Å². The average molecular weight is 282 g/mol. The summed E-state index contributed by atoms with van der Waals surface area (Å²) >= 11 is 0. The van der Waals surface area contributed by atoms with Crippen molar-refractivity contribution in [3.63, 3.8) is 0 Å². The molecule has 0 aliphatic carbocycles. The summed E-state index contributed by atoms with van der Waals surface area (Å²) in [6.45, 7) is 2.73. The summed E-state index contributed by atoms with van der Waals surface area (Å²) in [7, 11) is 0. The van der Waals surface area contributed by atoms with Crippen molar-refractivity contribution in [1.29, 1.82) is 0 Å². The first-order chi connectivity index (χ1) is 8.49. The van der Waals surface area contributed by atoms with Crippen molar-refractivity contribution in [2.24, 2.45) is 0 Å². The Hall–Kier alpha value is -1.33. The van der Waals surface area contributed by atoms with Gasteiger partial charge in [0.2, 0.25) is 0 Å². The standard InChI is InChI=1S/C13H15F5O/c1-8(2)9-4-10(12(3,14)15)6-11(5-9)19-7-13(16,17)18/h4-6,8H,7H2,1-3H3. The van der Waals surface area contributed by atoms with E-state index in [1.807, 2.05) is 0 Å². The molecular weight excluding hydrogens is 267 g/mol. The van der Waals surface area contributed by atoms with E-state index in [4.69, 9.17) is 0 Å². The number of rotatable bonds is 4. The van der Waals surface area contributed by atoms with E-state index in [1.54, 1.807) is 13.8 Å². The minimum Gasteiger partial charge on any atom is -0.484 e. The average Bonchev–Trinajstić information content (AvgIpc) is 2.23. The van der Waals surface area contributed by atoms with E-state index in [0.717, 1.165) is 6.07 Å². The third-order valence-corrected chi connectivity index (χ3v) is 2.50. The largest absolute Gasteiger partial charge is 0.484 e. The first-order valence-electron chi connectivity index (χ1n) is 5.72. The molecule has 0 amide bonds. The molecule has 0 saturated carbocycles. The predicted octanol–water partition coefficient (Wildman–Crippen LogP) is 4.86. The summed E-state index contributed by atoms with van der Waals surface area (Å²) in [6.07, 6.45) is -4.50. The third-order valence-electron chi connectivity index (χ3n) is 2.50. The summed E-state index contributed by atoms with van der Waals surface area (Å²) in [6, 6.07) is 3.58. The monoisotopic (exact) mass is 282 g/mol. The van der Waals surface area contributed by atoms with E-state index in [-0.39, 0.29) is 17.2 Å². The lowest BCUT2D eigenvalue weighted by Gasteiger charge is -2.17. The molecule has 0 aromatic heterocycles. The molecule has 0 atom stereocenters. The lowest BCUT2D eigenvalue weighted by molar-refractivity contribution is -0.153. The van der Waals surface area contributed by atoms with Crippen LogP contribution in [0, 0.1) is 0 Å². The smallest absolute Gasteiger partial charge is 0.422 e. The first-order valence-corrected chi connectivity index (χ1v) is 5.72. The van der Waals surface area contributed by atoms with E-state index in [9.17, 15) is 22.0 Å². The van der Waals surface area contributed by atoms with Crippen molar-refractivity contribution in [2.45, 2.75) is 38.8 Å². The topological polar surface area (TPSA) is 9.23 Å². The van der Waals surface area contributed by atoms with Crippen molar-refractivity contribution < 1.29 is 26.7 Å². The van der Waals surface area contributed by atoms with Crippen molar-refractivity contribution in [2.75, 3.05) is 6.61 Å². The fourth-order valence-electron chi connectivity index (χ4n) is 1.46. The van der Waals surface area contributed by atoms with Crippen LogP contribution in [0.1, 0.15) is 37.8 Å². The molecule has 1 aromatic rings. The summed E-state index contributed by atoms with van der Waals surface area (Å²) < 4.78 is 67.3. The minimum absolute atomic E-state index is 0.0875. The van der Waals surface area contributed by atoms with Gasteiger partial charge in [0.25, 0.3) is 5.92 Å². The van der Waals surface area contributed by atoms with Gasteiger partial charge in [-0.05, 0) is 29.7 Å². The molecule has 0 bridgehead atoms. The van der Waals surface area contributed by atoms with Crippen LogP contribution in [0.3, 0.4) is 0 Å². The van der Waals surface area contributed by atoms with Crippen LogP contribution in [-0.4, -0.2) is 12.8 Å². The summed E-state index contributed by atoms with van der Waals surface area (Å²) in [4.78, 5) is 0. The molecule has 0 radical (unpaired) electrons. The number of hydrogen-bond acceptors (Lipinski definition) is 1. The molecule has 6 heteroatoms. The molecule has 0 aliphatic heterocycles. The predicted molar refractivity (Wildman–Crippen MR) is 61.6 cm³/mol. The van der Waals surface area contributed by atoms with Crippen molar-refractivity contribution in [1.82, 2.24) is 0 Å². The molecule has 0 heterocycles. The quantitative estimate of drug-likeness (QED) is 0.716. The fraction of sp³-hybridized carbons (Fsp3) is 0.538. The van der Waals surface area contributed by atoms with Gasteiger partial charge in [-0.15, -0.1) is 0 Å². The van der Waals surface area contributed by atoms with Gasteiger partial charge in [0.15, 0.2) is 6.61 Å². The molecule has 0 saturated heterocycles. The maximum Gasteiger partial charge on any atom is 0.422 e. The number of hydrogen-bond donors (Lipinski definition) is 0. The van der Waals surface area contributed by atoms with Gasteiger partial charge in [-0.1, -0.05) is 13.8 Å². The zero-order valence-electron chi connectivity index (χ0n) is 10.8. The first kappa shape index (κ1) is 15.7. The van der Waals surface area contributed by atoms with Gasteiger partial charge in [0, 0.05) is 12.5 Å². The highest BCUT2D eigenvalue weighted by Crippen LogP contribution is 2.33. The van der Waals surface area contributed by atoms with Crippen LogP contribution in [0.4, 0.5) is 22.0 Å². The van der Waals surface area contributed by atoms with Gasteiger partial charge in [-0.2, -0.15) is 13.2 Å². The van der Waals surface area contributed by atoms with Crippen molar-refractivity contribution in [3.8, 4) is 5.75 Å². The molecule has 0 aliphatic rings. The lowest BCUT2D eigenvalue weighted by atomic mass is 9.98. The second-order valence-corrected chi connectivity index (χ2v) is 4.74. The Balaban J connectivity index is 3.07. The van der Waals surface area contributed by atoms with Crippen LogP contribution in [0.25, 0.3) is 0 Å². The third kappa shape index (κ3) is 5.04. The van der Waals surface area contributed by atoms with Gasteiger partial charge in [0.05, 0.1) is 0 Å². The second kappa shape index (κ2) is 5.35. The number of alkyl halides is 5. The van der Waals surface area contributed by atoms with Crippen LogP contribution < -0.4 is 4.74 Å². The Morgan fingerprint density at radius 3 is 2.05 bits per heavy atom. The number of ether oxygens (including phenoxy) is 1. The van der Waals surface area contributed by atoms with Crippen LogP contribution in [0.2, 0.25) is 0 Å².